The monoisotopic (exact) mass is 248 g/mol. The fourth-order valence-corrected chi connectivity index (χ4v) is 1.84. The molecular formula is C14H20N2O2. The zero-order valence-electron chi connectivity index (χ0n) is 11.0. The van der Waals surface area contributed by atoms with E-state index >= 15 is 0 Å². The predicted octanol–water partition coefficient (Wildman–Crippen LogP) is 2.08. The summed E-state index contributed by atoms with van der Waals surface area (Å²) in [5.41, 5.74) is 2.11. The van der Waals surface area contributed by atoms with E-state index in [-0.39, 0.29) is 5.91 Å². The lowest BCUT2D eigenvalue weighted by atomic mass is 10.2. The third kappa shape index (κ3) is 3.65. The van der Waals surface area contributed by atoms with Crippen LogP contribution in [0.4, 0.5) is 5.69 Å². The van der Waals surface area contributed by atoms with Gasteiger partial charge < -0.3 is 15.4 Å². The zero-order chi connectivity index (χ0) is 13.0. The Labute approximate surface area is 108 Å². The molecule has 1 saturated carbocycles. The van der Waals surface area contributed by atoms with Gasteiger partial charge in [-0.25, -0.2) is 0 Å². The van der Waals surface area contributed by atoms with Crippen LogP contribution >= 0.6 is 0 Å². The number of benzene rings is 1. The summed E-state index contributed by atoms with van der Waals surface area (Å²) >= 11 is 0. The van der Waals surface area contributed by atoms with Crippen molar-refractivity contribution >= 4 is 11.6 Å². The predicted molar refractivity (Wildman–Crippen MR) is 72.0 cm³/mol. The first kappa shape index (κ1) is 12.7. The second-order valence-electron chi connectivity index (χ2n) is 4.70. The van der Waals surface area contributed by atoms with Crippen molar-refractivity contribution in [1.29, 1.82) is 0 Å². The van der Waals surface area contributed by atoms with Crippen LogP contribution in [0.3, 0.4) is 0 Å². The van der Waals surface area contributed by atoms with Crippen LogP contribution in [0, 0.1) is 6.92 Å². The Morgan fingerprint density at radius 3 is 2.83 bits per heavy atom. The van der Waals surface area contributed by atoms with Gasteiger partial charge in [-0.05, 0) is 43.5 Å². The van der Waals surface area contributed by atoms with Gasteiger partial charge in [-0.3, -0.25) is 4.79 Å². The number of anilines is 1. The molecule has 0 aliphatic heterocycles. The minimum Gasteiger partial charge on any atom is -0.496 e. The first-order valence-electron chi connectivity index (χ1n) is 6.37. The number of nitrogens with one attached hydrogen (secondary N) is 2. The van der Waals surface area contributed by atoms with E-state index in [4.69, 9.17) is 4.74 Å². The van der Waals surface area contributed by atoms with Gasteiger partial charge in [0.1, 0.15) is 5.75 Å². The van der Waals surface area contributed by atoms with Gasteiger partial charge in [-0.15, -0.1) is 0 Å². The highest BCUT2D eigenvalue weighted by molar-refractivity contribution is 5.77. The number of ether oxygens (including phenoxy) is 1. The molecule has 0 saturated heterocycles. The highest BCUT2D eigenvalue weighted by Crippen LogP contribution is 2.21. The largest absolute Gasteiger partial charge is 0.496 e. The van der Waals surface area contributed by atoms with Crippen molar-refractivity contribution in [2.45, 2.75) is 32.2 Å². The fraction of sp³-hybridized carbons (Fsp3) is 0.500. The van der Waals surface area contributed by atoms with Crippen molar-refractivity contribution in [3.05, 3.63) is 23.8 Å². The van der Waals surface area contributed by atoms with Gasteiger partial charge >= 0.3 is 0 Å². The molecule has 1 fully saturated rings. The summed E-state index contributed by atoms with van der Waals surface area (Å²) in [6.07, 6.45) is 2.79. The Hall–Kier alpha value is -1.71. The average Bonchev–Trinajstić information content (AvgIpc) is 3.13. The van der Waals surface area contributed by atoms with E-state index < -0.39 is 0 Å². The molecular weight excluding hydrogens is 228 g/mol. The number of carbonyl (C=O) groups is 1. The summed E-state index contributed by atoms with van der Waals surface area (Å²) in [6, 6.07) is 6.37. The quantitative estimate of drug-likeness (QED) is 0.810. The van der Waals surface area contributed by atoms with Crippen LogP contribution in [-0.4, -0.2) is 25.6 Å². The fourth-order valence-electron chi connectivity index (χ4n) is 1.84. The molecule has 0 aromatic heterocycles. The average molecular weight is 248 g/mol. The van der Waals surface area contributed by atoms with Gasteiger partial charge in [-0.1, -0.05) is 0 Å². The molecule has 4 nitrogen and oxygen atoms in total. The van der Waals surface area contributed by atoms with Crippen LogP contribution < -0.4 is 15.4 Å². The Balaban J connectivity index is 1.75. The van der Waals surface area contributed by atoms with Crippen LogP contribution in [0.5, 0.6) is 5.75 Å². The van der Waals surface area contributed by atoms with Crippen molar-refractivity contribution in [3.63, 3.8) is 0 Å². The normalized spacial score (nSPS) is 14.1. The smallest absolute Gasteiger partial charge is 0.221 e. The van der Waals surface area contributed by atoms with E-state index in [0.717, 1.165) is 29.8 Å². The Bertz CT molecular complexity index is 428. The van der Waals surface area contributed by atoms with E-state index in [1.54, 1.807) is 7.11 Å². The second-order valence-corrected chi connectivity index (χ2v) is 4.70. The molecule has 1 aromatic rings. The van der Waals surface area contributed by atoms with Crippen molar-refractivity contribution < 1.29 is 9.53 Å². The lowest BCUT2D eigenvalue weighted by molar-refractivity contribution is -0.120. The maximum absolute atomic E-state index is 11.5. The van der Waals surface area contributed by atoms with E-state index in [0.29, 0.717) is 19.0 Å². The Morgan fingerprint density at radius 1 is 1.44 bits per heavy atom. The molecule has 1 aromatic carbocycles. The maximum Gasteiger partial charge on any atom is 0.221 e. The molecule has 0 heterocycles. The summed E-state index contributed by atoms with van der Waals surface area (Å²) < 4.78 is 5.20. The SMILES string of the molecule is COc1ccc(NCCC(=O)NC2CC2)cc1C. The van der Waals surface area contributed by atoms with Crippen LogP contribution in [0.2, 0.25) is 0 Å². The van der Waals surface area contributed by atoms with E-state index in [9.17, 15) is 4.79 Å². The van der Waals surface area contributed by atoms with Crippen LogP contribution in [0.1, 0.15) is 24.8 Å². The van der Waals surface area contributed by atoms with Gasteiger partial charge in [0, 0.05) is 24.7 Å². The number of rotatable bonds is 6. The van der Waals surface area contributed by atoms with Crippen LogP contribution in [0.15, 0.2) is 18.2 Å². The molecule has 2 N–H and O–H groups in total. The van der Waals surface area contributed by atoms with Gasteiger partial charge in [0.05, 0.1) is 7.11 Å². The molecule has 1 aliphatic rings. The summed E-state index contributed by atoms with van der Waals surface area (Å²) in [5.74, 6) is 1.02. The zero-order valence-corrected chi connectivity index (χ0v) is 11.0. The van der Waals surface area contributed by atoms with Gasteiger partial charge in [0.25, 0.3) is 0 Å². The van der Waals surface area contributed by atoms with Crippen molar-refractivity contribution in [3.8, 4) is 5.75 Å². The molecule has 0 atom stereocenters. The molecule has 0 spiro atoms. The molecule has 0 unspecified atom stereocenters. The van der Waals surface area contributed by atoms with Gasteiger partial charge in [0.2, 0.25) is 5.91 Å². The molecule has 98 valence electrons. The second kappa shape index (κ2) is 5.76. The van der Waals surface area contributed by atoms with Crippen molar-refractivity contribution in [1.82, 2.24) is 5.32 Å². The maximum atomic E-state index is 11.5. The minimum atomic E-state index is 0.134. The topological polar surface area (TPSA) is 50.4 Å². The molecule has 4 heteroatoms. The van der Waals surface area contributed by atoms with Crippen molar-refractivity contribution in [2.24, 2.45) is 0 Å². The van der Waals surface area contributed by atoms with E-state index in [1.165, 1.54) is 0 Å². The van der Waals surface area contributed by atoms with Crippen LogP contribution in [-0.2, 0) is 4.79 Å². The van der Waals surface area contributed by atoms with Gasteiger partial charge in [0.15, 0.2) is 0 Å². The van der Waals surface area contributed by atoms with Crippen molar-refractivity contribution in [2.75, 3.05) is 19.0 Å². The summed E-state index contributed by atoms with van der Waals surface area (Å²) in [4.78, 5) is 11.5. The Morgan fingerprint density at radius 2 is 2.22 bits per heavy atom. The molecule has 18 heavy (non-hydrogen) atoms. The highest BCUT2D eigenvalue weighted by atomic mass is 16.5. The Kier molecular flexibility index (Phi) is 4.07. The molecule has 1 aliphatic carbocycles. The minimum absolute atomic E-state index is 0.134. The molecule has 1 amide bonds. The molecule has 2 rings (SSSR count). The summed E-state index contributed by atoms with van der Waals surface area (Å²) in [5, 5.41) is 6.22. The first-order chi connectivity index (χ1) is 8.69. The summed E-state index contributed by atoms with van der Waals surface area (Å²) in [6.45, 7) is 2.66. The number of hydrogen-bond donors (Lipinski definition) is 2. The standard InChI is InChI=1S/C14H20N2O2/c1-10-9-12(5-6-13(10)18-2)15-8-7-14(17)16-11-3-4-11/h5-6,9,11,15H,3-4,7-8H2,1-2H3,(H,16,17). The number of aryl methyl sites for hydroxylation is 1. The molecule has 0 radical (unpaired) electrons. The first-order valence-corrected chi connectivity index (χ1v) is 6.37. The third-order valence-electron chi connectivity index (χ3n) is 3.02. The van der Waals surface area contributed by atoms with E-state index in [2.05, 4.69) is 10.6 Å². The number of hydrogen-bond acceptors (Lipinski definition) is 3. The molecule has 0 bridgehead atoms. The summed E-state index contributed by atoms with van der Waals surface area (Å²) in [7, 11) is 1.66. The van der Waals surface area contributed by atoms with E-state index in [1.807, 2.05) is 25.1 Å². The number of methoxy groups -OCH3 is 1. The van der Waals surface area contributed by atoms with Gasteiger partial charge in [-0.2, -0.15) is 0 Å². The number of carbonyl (C=O) groups excluding carboxylic acids is 1. The van der Waals surface area contributed by atoms with Crippen LogP contribution in [0.25, 0.3) is 0 Å². The third-order valence-corrected chi connectivity index (χ3v) is 3.02. The lowest BCUT2D eigenvalue weighted by Crippen LogP contribution is -2.27. The number of amides is 1. The highest BCUT2D eigenvalue weighted by Gasteiger charge is 2.22. The lowest BCUT2D eigenvalue weighted by Gasteiger charge is -2.10.